The van der Waals surface area contributed by atoms with Crippen LogP contribution in [0.15, 0.2) is 36.4 Å². The topological polar surface area (TPSA) is 75.2 Å². The van der Waals surface area contributed by atoms with E-state index in [4.69, 9.17) is 0 Å². The van der Waals surface area contributed by atoms with E-state index >= 15 is 0 Å². The minimum absolute atomic E-state index is 0.0654. The first-order valence-electron chi connectivity index (χ1n) is 6.88. The number of nitrogens with zero attached hydrogens (tertiary/aromatic N) is 3. The lowest BCUT2D eigenvalue weighted by Gasteiger charge is -2.16. The standard InChI is InChI=1S/C16H18N4O2/c1-11-6-4-8-13(17-11)16(22)20(3)10-15(21)19-14-9-5-7-12(2)18-14/h4-9H,10H2,1-3H3,(H,18,19,21). The molecule has 0 bridgehead atoms. The molecular weight excluding hydrogens is 280 g/mol. The summed E-state index contributed by atoms with van der Waals surface area (Å²) >= 11 is 0. The Morgan fingerprint density at radius 2 is 1.68 bits per heavy atom. The van der Waals surface area contributed by atoms with Gasteiger partial charge in [-0.3, -0.25) is 9.59 Å². The summed E-state index contributed by atoms with van der Waals surface area (Å²) in [7, 11) is 1.57. The molecule has 2 heterocycles. The minimum Gasteiger partial charge on any atom is -0.331 e. The molecule has 6 nitrogen and oxygen atoms in total. The first kappa shape index (κ1) is 15.6. The van der Waals surface area contributed by atoms with Crippen LogP contribution in [0.5, 0.6) is 0 Å². The molecule has 6 heteroatoms. The Balaban J connectivity index is 1.97. The van der Waals surface area contributed by atoms with E-state index in [0.29, 0.717) is 11.5 Å². The van der Waals surface area contributed by atoms with Crippen molar-refractivity contribution in [2.75, 3.05) is 18.9 Å². The fourth-order valence-corrected chi connectivity index (χ4v) is 1.94. The summed E-state index contributed by atoms with van der Waals surface area (Å²) in [5, 5.41) is 2.67. The summed E-state index contributed by atoms with van der Waals surface area (Å²) < 4.78 is 0. The number of carbonyl (C=O) groups excluding carboxylic acids is 2. The Hall–Kier alpha value is -2.76. The third-order valence-corrected chi connectivity index (χ3v) is 2.99. The van der Waals surface area contributed by atoms with Gasteiger partial charge in [-0.1, -0.05) is 12.1 Å². The Labute approximate surface area is 129 Å². The molecule has 2 rings (SSSR count). The van der Waals surface area contributed by atoms with E-state index < -0.39 is 0 Å². The van der Waals surface area contributed by atoms with Gasteiger partial charge in [-0.2, -0.15) is 0 Å². The molecule has 114 valence electrons. The van der Waals surface area contributed by atoms with Crippen molar-refractivity contribution in [2.45, 2.75) is 13.8 Å². The number of likely N-dealkylation sites (N-methyl/N-ethyl adjacent to an activating group) is 1. The molecule has 2 aromatic rings. The first-order chi connectivity index (χ1) is 10.5. The molecule has 2 aromatic heterocycles. The summed E-state index contributed by atoms with van der Waals surface area (Å²) in [5.74, 6) is -0.128. The van der Waals surface area contributed by atoms with Gasteiger partial charge in [0.05, 0.1) is 6.54 Å². The van der Waals surface area contributed by atoms with Gasteiger partial charge < -0.3 is 10.2 Å². The molecule has 22 heavy (non-hydrogen) atoms. The second-order valence-electron chi connectivity index (χ2n) is 5.04. The van der Waals surface area contributed by atoms with Crippen molar-refractivity contribution in [1.29, 1.82) is 0 Å². The van der Waals surface area contributed by atoms with Crippen molar-refractivity contribution in [1.82, 2.24) is 14.9 Å². The third kappa shape index (κ3) is 4.12. The van der Waals surface area contributed by atoms with E-state index in [2.05, 4.69) is 15.3 Å². The van der Waals surface area contributed by atoms with Gasteiger partial charge in [0.2, 0.25) is 5.91 Å². The number of amides is 2. The summed E-state index contributed by atoms with van der Waals surface area (Å²) in [6.45, 7) is 3.59. The predicted molar refractivity (Wildman–Crippen MR) is 83.5 cm³/mol. The number of pyridine rings is 2. The van der Waals surface area contributed by atoms with E-state index in [9.17, 15) is 9.59 Å². The lowest BCUT2D eigenvalue weighted by atomic mass is 10.3. The van der Waals surface area contributed by atoms with Crippen LogP contribution in [0.3, 0.4) is 0 Å². The highest BCUT2D eigenvalue weighted by atomic mass is 16.2. The fraction of sp³-hybridized carbons (Fsp3) is 0.250. The Kier molecular flexibility index (Phi) is 4.83. The molecule has 0 unspecified atom stereocenters. The van der Waals surface area contributed by atoms with Gasteiger partial charge in [-0.15, -0.1) is 0 Å². The van der Waals surface area contributed by atoms with Gasteiger partial charge in [-0.25, -0.2) is 9.97 Å². The molecule has 0 aromatic carbocycles. The van der Waals surface area contributed by atoms with Crippen LogP contribution < -0.4 is 5.32 Å². The number of rotatable bonds is 4. The SMILES string of the molecule is Cc1cccc(NC(=O)CN(C)C(=O)c2cccc(C)n2)n1. The smallest absolute Gasteiger partial charge is 0.272 e. The molecule has 0 aliphatic carbocycles. The van der Waals surface area contributed by atoms with Gasteiger partial charge in [-0.05, 0) is 38.1 Å². The maximum atomic E-state index is 12.2. The molecule has 0 spiro atoms. The number of aryl methyl sites for hydroxylation is 2. The highest BCUT2D eigenvalue weighted by molar-refractivity contribution is 5.97. The van der Waals surface area contributed by atoms with Crippen LogP contribution in [0.2, 0.25) is 0 Å². The van der Waals surface area contributed by atoms with E-state index in [1.54, 1.807) is 25.2 Å². The van der Waals surface area contributed by atoms with Crippen molar-refractivity contribution < 1.29 is 9.59 Å². The number of hydrogen-bond acceptors (Lipinski definition) is 4. The minimum atomic E-state index is -0.304. The zero-order valence-electron chi connectivity index (χ0n) is 12.8. The largest absolute Gasteiger partial charge is 0.331 e. The average Bonchev–Trinajstić information content (AvgIpc) is 2.46. The molecule has 0 radical (unpaired) electrons. The first-order valence-corrected chi connectivity index (χ1v) is 6.88. The zero-order valence-corrected chi connectivity index (χ0v) is 12.8. The van der Waals surface area contributed by atoms with E-state index in [1.165, 1.54) is 4.90 Å². The molecule has 0 fully saturated rings. The average molecular weight is 298 g/mol. The summed E-state index contributed by atoms with van der Waals surface area (Å²) in [5.41, 5.74) is 1.89. The van der Waals surface area contributed by atoms with Gasteiger partial charge in [0, 0.05) is 18.4 Å². The molecule has 0 saturated heterocycles. The van der Waals surface area contributed by atoms with E-state index in [1.807, 2.05) is 32.0 Å². The lowest BCUT2D eigenvalue weighted by Crippen LogP contribution is -2.35. The monoisotopic (exact) mass is 298 g/mol. The molecule has 1 N–H and O–H groups in total. The number of hydrogen-bond donors (Lipinski definition) is 1. The molecule has 0 atom stereocenters. The van der Waals surface area contributed by atoms with Gasteiger partial charge >= 0.3 is 0 Å². The number of aromatic nitrogens is 2. The predicted octanol–water partition coefficient (Wildman–Crippen LogP) is 1.80. The number of anilines is 1. The van der Waals surface area contributed by atoms with Gasteiger partial charge in [0.15, 0.2) is 0 Å². The molecule has 0 aliphatic heterocycles. The van der Waals surface area contributed by atoms with Crippen molar-refractivity contribution in [2.24, 2.45) is 0 Å². The highest BCUT2D eigenvalue weighted by Crippen LogP contribution is 2.05. The summed E-state index contributed by atoms with van der Waals surface area (Å²) in [6, 6.07) is 10.6. The van der Waals surface area contributed by atoms with Crippen LogP contribution >= 0.6 is 0 Å². The van der Waals surface area contributed by atoms with Crippen LogP contribution in [0.1, 0.15) is 21.9 Å². The van der Waals surface area contributed by atoms with Crippen LogP contribution in [-0.2, 0) is 4.79 Å². The van der Waals surface area contributed by atoms with Crippen molar-refractivity contribution in [3.63, 3.8) is 0 Å². The van der Waals surface area contributed by atoms with Crippen LogP contribution in [0.4, 0.5) is 5.82 Å². The van der Waals surface area contributed by atoms with E-state index in [-0.39, 0.29) is 18.4 Å². The fourth-order valence-electron chi connectivity index (χ4n) is 1.94. The van der Waals surface area contributed by atoms with Crippen LogP contribution in [0, 0.1) is 13.8 Å². The number of carbonyl (C=O) groups is 2. The molecule has 0 saturated carbocycles. The molecular formula is C16H18N4O2. The van der Waals surface area contributed by atoms with Crippen molar-refractivity contribution in [3.05, 3.63) is 53.5 Å². The maximum absolute atomic E-state index is 12.2. The Morgan fingerprint density at radius 3 is 2.32 bits per heavy atom. The molecule has 0 aliphatic rings. The second kappa shape index (κ2) is 6.80. The zero-order chi connectivity index (χ0) is 16.1. The number of nitrogens with one attached hydrogen (secondary N) is 1. The quantitative estimate of drug-likeness (QED) is 0.934. The van der Waals surface area contributed by atoms with Crippen molar-refractivity contribution in [3.8, 4) is 0 Å². The second-order valence-corrected chi connectivity index (χ2v) is 5.04. The Bertz CT molecular complexity index is 700. The normalized spacial score (nSPS) is 10.1. The maximum Gasteiger partial charge on any atom is 0.272 e. The van der Waals surface area contributed by atoms with Crippen LogP contribution in [0.25, 0.3) is 0 Å². The highest BCUT2D eigenvalue weighted by Gasteiger charge is 2.16. The molecule has 2 amide bonds. The van der Waals surface area contributed by atoms with E-state index in [0.717, 1.165) is 11.4 Å². The summed E-state index contributed by atoms with van der Waals surface area (Å²) in [4.78, 5) is 33.9. The van der Waals surface area contributed by atoms with Gasteiger partial charge in [0.25, 0.3) is 5.91 Å². The Morgan fingerprint density at radius 1 is 1.05 bits per heavy atom. The lowest BCUT2D eigenvalue weighted by molar-refractivity contribution is -0.116. The van der Waals surface area contributed by atoms with Crippen molar-refractivity contribution >= 4 is 17.6 Å². The third-order valence-electron chi connectivity index (χ3n) is 2.99. The van der Waals surface area contributed by atoms with Crippen LogP contribution in [-0.4, -0.2) is 40.3 Å². The summed E-state index contributed by atoms with van der Waals surface area (Å²) in [6.07, 6.45) is 0. The van der Waals surface area contributed by atoms with Gasteiger partial charge in [0.1, 0.15) is 11.5 Å².